The minimum absolute atomic E-state index is 0.0875. The van der Waals surface area contributed by atoms with Crippen LogP contribution >= 0.6 is 11.6 Å². The van der Waals surface area contributed by atoms with Crippen LogP contribution in [-0.4, -0.2) is 10.8 Å². The number of non-ortho nitro benzene ring substituents is 1. The number of nitrogens with one attached hydrogen (secondary N) is 1. The lowest BCUT2D eigenvalue weighted by Gasteiger charge is -2.38. The van der Waals surface area contributed by atoms with Crippen LogP contribution in [0.25, 0.3) is 0 Å². The van der Waals surface area contributed by atoms with Crippen LogP contribution in [0.2, 0.25) is 5.02 Å². The Labute approximate surface area is 160 Å². The fraction of sp³-hybridized carbons (Fsp3) is 0.0500. The molecule has 0 radical (unpaired) electrons. The molecule has 3 aromatic rings. The summed E-state index contributed by atoms with van der Waals surface area (Å²) in [5.74, 6) is -0.205. The minimum Gasteiger partial charge on any atom is -0.360 e. The van der Waals surface area contributed by atoms with Gasteiger partial charge in [0.2, 0.25) is 0 Å². The number of anilines is 2. The molecule has 27 heavy (non-hydrogen) atoms. The van der Waals surface area contributed by atoms with Gasteiger partial charge >= 0.3 is 0 Å². The highest BCUT2D eigenvalue weighted by atomic mass is 35.5. The Morgan fingerprint density at radius 3 is 2.44 bits per heavy atom. The topological polar surface area (TPSA) is 75.5 Å². The van der Waals surface area contributed by atoms with Crippen molar-refractivity contribution in [2.45, 2.75) is 6.17 Å². The second-order valence-corrected chi connectivity index (χ2v) is 6.47. The molecule has 1 heterocycles. The van der Waals surface area contributed by atoms with Crippen LogP contribution in [0.1, 0.15) is 22.1 Å². The maximum absolute atomic E-state index is 13.2. The second-order valence-electron chi connectivity index (χ2n) is 6.07. The molecule has 0 saturated carbocycles. The molecule has 6 nitrogen and oxygen atoms in total. The predicted octanol–water partition coefficient (Wildman–Crippen LogP) is 5.02. The molecule has 0 bridgehead atoms. The van der Waals surface area contributed by atoms with Crippen LogP contribution in [-0.2, 0) is 0 Å². The number of carbonyl (C=O) groups excluding carboxylic acids is 1. The molecular weight excluding hydrogens is 366 g/mol. The van der Waals surface area contributed by atoms with E-state index < -0.39 is 11.1 Å². The number of rotatable bonds is 3. The van der Waals surface area contributed by atoms with E-state index in [-0.39, 0.29) is 11.6 Å². The quantitative estimate of drug-likeness (QED) is 0.512. The number of hydrogen-bond donors (Lipinski definition) is 1. The van der Waals surface area contributed by atoms with E-state index in [0.29, 0.717) is 27.5 Å². The molecule has 3 aromatic carbocycles. The zero-order chi connectivity index (χ0) is 19.0. The normalized spacial score (nSPS) is 15.8. The van der Waals surface area contributed by atoms with Crippen molar-refractivity contribution in [1.29, 1.82) is 0 Å². The molecule has 1 amide bonds. The number of nitro benzene ring substituents is 1. The Hall–Kier alpha value is -3.38. The lowest BCUT2D eigenvalue weighted by atomic mass is 10.0. The molecule has 0 saturated heterocycles. The van der Waals surface area contributed by atoms with Crippen LogP contribution in [0.3, 0.4) is 0 Å². The Morgan fingerprint density at radius 1 is 1.00 bits per heavy atom. The molecule has 0 aliphatic carbocycles. The molecule has 1 atom stereocenters. The van der Waals surface area contributed by atoms with Crippen molar-refractivity contribution in [3.8, 4) is 0 Å². The average molecular weight is 380 g/mol. The summed E-state index contributed by atoms with van der Waals surface area (Å²) < 4.78 is 0. The Balaban J connectivity index is 1.91. The van der Waals surface area contributed by atoms with E-state index in [1.54, 1.807) is 23.1 Å². The summed E-state index contributed by atoms with van der Waals surface area (Å²) in [6.07, 6.45) is -0.679. The number of hydrogen-bond acceptors (Lipinski definition) is 4. The summed E-state index contributed by atoms with van der Waals surface area (Å²) in [6, 6.07) is 20.5. The highest BCUT2D eigenvalue weighted by molar-refractivity contribution is 6.31. The fourth-order valence-electron chi connectivity index (χ4n) is 3.18. The summed E-state index contributed by atoms with van der Waals surface area (Å²) >= 11 is 6.36. The first-order valence-corrected chi connectivity index (χ1v) is 8.62. The number of carbonyl (C=O) groups is 1. The molecule has 1 aliphatic heterocycles. The third-order valence-corrected chi connectivity index (χ3v) is 4.79. The largest absolute Gasteiger partial charge is 0.360 e. The Bertz CT molecular complexity index is 1040. The zero-order valence-electron chi connectivity index (χ0n) is 14.0. The maximum atomic E-state index is 13.2. The van der Waals surface area contributed by atoms with Gasteiger partial charge < -0.3 is 5.32 Å². The van der Waals surface area contributed by atoms with E-state index in [4.69, 9.17) is 11.6 Å². The third kappa shape index (κ3) is 3.00. The average Bonchev–Trinajstić information content (AvgIpc) is 2.69. The number of amides is 1. The van der Waals surface area contributed by atoms with Gasteiger partial charge in [-0.05, 0) is 30.3 Å². The van der Waals surface area contributed by atoms with Gasteiger partial charge in [-0.25, -0.2) is 0 Å². The molecule has 0 aromatic heterocycles. The number of nitrogens with zero attached hydrogens (tertiary/aromatic N) is 2. The van der Waals surface area contributed by atoms with Crippen molar-refractivity contribution in [2.24, 2.45) is 0 Å². The smallest absolute Gasteiger partial charge is 0.269 e. The van der Waals surface area contributed by atoms with Crippen LogP contribution < -0.4 is 10.2 Å². The van der Waals surface area contributed by atoms with Gasteiger partial charge in [-0.3, -0.25) is 19.8 Å². The summed E-state index contributed by atoms with van der Waals surface area (Å²) in [5.41, 5.74) is 2.21. The molecular formula is C20H14ClN3O3. The first-order chi connectivity index (χ1) is 13.1. The minimum atomic E-state index is -0.679. The molecule has 134 valence electrons. The van der Waals surface area contributed by atoms with Crippen molar-refractivity contribution in [2.75, 3.05) is 10.2 Å². The van der Waals surface area contributed by atoms with Gasteiger partial charge in [0, 0.05) is 34.1 Å². The van der Waals surface area contributed by atoms with E-state index in [2.05, 4.69) is 5.32 Å². The van der Waals surface area contributed by atoms with E-state index >= 15 is 0 Å². The highest BCUT2D eigenvalue weighted by Gasteiger charge is 2.35. The zero-order valence-corrected chi connectivity index (χ0v) is 14.8. The van der Waals surface area contributed by atoms with Crippen molar-refractivity contribution in [3.05, 3.63) is 99.1 Å². The summed E-state index contributed by atoms with van der Waals surface area (Å²) in [7, 11) is 0. The standard InChI is InChI=1S/C20H14ClN3O3/c21-17-11-10-14(24(26)27)12-16(17)19-22-18-9-5-4-8-15(18)20(25)23(19)13-6-2-1-3-7-13/h1-12,19,22H. The number of benzene rings is 3. The number of para-hydroxylation sites is 2. The predicted molar refractivity (Wildman–Crippen MR) is 104 cm³/mol. The summed E-state index contributed by atoms with van der Waals surface area (Å²) in [5, 5.41) is 14.9. The van der Waals surface area contributed by atoms with Crippen molar-refractivity contribution >= 4 is 34.6 Å². The first kappa shape index (κ1) is 17.1. The molecule has 1 N–H and O–H groups in total. The van der Waals surface area contributed by atoms with Crippen LogP contribution in [0.5, 0.6) is 0 Å². The van der Waals surface area contributed by atoms with Gasteiger partial charge in [0.15, 0.2) is 0 Å². The molecule has 1 unspecified atom stereocenters. The van der Waals surface area contributed by atoms with Gasteiger partial charge in [-0.1, -0.05) is 41.9 Å². The SMILES string of the molecule is O=C1c2ccccc2NC(c2cc([N+](=O)[O-])ccc2Cl)N1c1ccccc1. The third-order valence-electron chi connectivity index (χ3n) is 4.45. The second kappa shape index (κ2) is 6.74. The van der Waals surface area contributed by atoms with Crippen LogP contribution in [0.15, 0.2) is 72.8 Å². The molecule has 0 fully saturated rings. The summed E-state index contributed by atoms with van der Waals surface area (Å²) in [4.78, 5) is 25.5. The van der Waals surface area contributed by atoms with Crippen molar-refractivity contribution in [3.63, 3.8) is 0 Å². The van der Waals surface area contributed by atoms with E-state index in [1.165, 1.54) is 18.2 Å². The highest BCUT2D eigenvalue weighted by Crippen LogP contribution is 2.39. The van der Waals surface area contributed by atoms with Gasteiger partial charge in [0.05, 0.1) is 10.5 Å². The van der Waals surface area contributed by atoms with E-state index in [1.807, 2.05) is 36.4 Å². The van der Waals surface area contributed by atoms with Crippen LogP contribution in [0, 0.1) is 10.1 Å². The van der Waals surface area contributed by atoms with Gasteiger partial charge in [-0.15, -0.1) is 0 Å². The fourth-order valence-corrected chi connectivity index (χ4v) is 3.40. The van der Waals surface area contributed by atoms with Crippen molar-refractivity contribution in [1.82, 2.24) is 0 Å². The first-order valence-electron chi connectivity index (χ1n) is 8.24. The Kier molecular flexibility index (Phi) is 4.25. The van der Waals surface area contributed by atoms with E-state index in [9.17, 15) is 14.9 Å². The monoisotopic (exact) mass is 379 g/mol. The van der Waals surface area contributed by atoms with Gasteiger partial charge in [0.1, 0.15) is 6.17 Å². The van der Waals surface area contributed by atoms with Crippen LogP contribution in [0.4, 0.5) is 17.1 Å². The van der Waals surface area contributed by atoms with Gasteiger partial charge in [-0.2, -0.15) is 0 Å². The lowest BCUT2D eigenvalue weighted by molar-refractivity contribution is -0.384. The summed E-state index contributed by atoms with van der Waals surface area (Å²) in [6.45, 7) is 0. The number of halogens is 1. The maximum Gasteiger partial charge on any atom is 0.269 e. The van der Waals surface area contributed by atoms with Crippen molar-refractivity contribution < 1.29 is 9.72 Å². The molecule has 1 aliphatic rings. The van der Waals surface area contributed by atoms with E-state index in [0.717, 1.165) is 0 Å². The lowest BCUT2D eigenvalue weighted by Crippen LogP contribution is -2.43. The number of nitro groups is 1. The molecule has 7 heteroatoms. The number of fused-ring (bicyclic) bond motifs is 1. The molecule has 0 spiro atoms. The molecule has 4 rings (SSSR count). The van der Waals surface area contributed by atoms with Gasteiger partial charge in [0.25, 0.3) is 11.6 Å². The Morgan fingerprint density at radius 2 is 1.70 bits per heavy atom.